The number of halogens is 2. The summed E-state index contributed by atoms with van der Waals surface area (Å²) < 4.78 is 0. The van der Waals surface area contributed by atoms with Gasteiger partial charge in [0, 0.05) is 17.8 Å². The van der Waals surface area contributed by atoms with E-state index in [0.29, 0.717) is 16.1 Å². The summed E-state index contributed by atoms with van der Waals surface area (Å²) in [7, 11) is 0. The van der Waals surface area contributed by atoms with Crippen LogP contribution < -0.4 is 5.32 Å². The van der Waals surface area contributed by atoms with Gasteiger partial charge >= 0.3 is 0 Å². The largest absolute Gasteiger partial charge is 0.310 e. The minimum Gasteiger partial charge on any atom is -0.310 e. The van der Waals surface area contributed by atoms with Crippen LogP contribution in [0.25, 0.3) is 0 Å². The van der Waals surface area contributed by atoms with Gasteiger partial charge in [0.05, 0.1) is 10.0 Å². The van der Waals surface area contributed by atoms with Gasteiger partial charge in [-0.1, -0.05) is 35.3 Å². The van der Waals surface area contributed by atoms with Crippen molar-refractivity contribution in [3.05, 3.63) is 33.8 Å². The monoisotopic (exact) mass is 289 g/mol. The number of benzene rings is 1. The Hall–Kier alpha value is 0.110. The summed E-state index contributed by atoms with van der Waals surface area (Å²) in [6, 6.07) is 6.43. The van der Waals surface area contributed by atoms with Gasteiger partial charge < -0.3 is 5.32 Å². The Bertz CT molecular complexity index is 384. The van der Waals surface area contributed by atoms with Crippen molar-refractivity contribution in [3.8, 4) is 0 Å². The minimum absolute atomic E-state index is 0.627. The summed E-state index contributed by atoms with van der Waals surface area (Å²) >= 11 is 14.1. The van der Waals surface area contributed by atoms with Gasteiger partial charge in [-0.3, -0.25) is 0 Å². The molecule has 17 heavy (non-hydrogen) atoms. The first-order valence-electron chi connectivity index (χ1n) is 5.89. The highest BCUT2D eigenvalue weighted by molar-refractivity contribution is 7.99. The SMILES string of the molecule is CSC1CCC(NCc2cccc(Cl)c2Cl)C1. The first-order valence-corrected chi connectivity index (χ1v) is 7.94. The molecule has 0 aliphatic heterocycles. The molecule has 1 fully saturated rings. The number of hydrogen-bond acceptors (Lipinski definition) is 2. The van der Waals surface area contributed by atoms with Crippen LogP contribution in [0.4, 0.5) is 0 Å². The predicted octanol–water partition coefficient (Wildman–Crippen LogP) is 4.37. The topological polar surface area (TPSA) is 12.0 Å². The maximum atomic E-state index is 6.16. The van der Waals surface area contributed by atoms with Crippen LogP contribution in [0.1, 0.15) is 24.8 Å². The zero-order valence-corrected chi connectivity index (χ0v) is 12.2. The number of nitrogens with one attached hydrogen (secondary N) is 1. The van der Waals surface area contributed by atoms with Crippen LogP contribution >= 0.6 is 35.0 Å². The van der Waals surface area contributed by atoms with Gasteiger partial charge in [0.15, 0.2) is 0 Å². The molecule has 4 heteroatoms. The lowest BCUT2D eigenvalue weighted by Gasteiger charge is -2.13. The van der Waals surface area contributed by atoms with E-state index in [9.17, 15) is 0 Å². The van der Waals surface area contributed by atoms with Gasteiger partial charge in [-0.2, -0.15) is 11.8 Å². The van der Waals surface area contributed by atoms with Crippen LogP contribution in [0.15, 0.2) is 18.2 Å². The number of hydrogen-bond donors (Lipinski definition) is 1. The smallest absolute Gasteiger partial charge is 0.0637 e. The maximum Gasteiger partial charge on any atom is 0.0637 e. The molecule has 0 aromatic heterocycles. The fourth-order valence-corrected chi connectivity index (χ4v) is 3.46. The van der Waals surface area contributed by atoms with E-state index in [0.717, 1.165) is 17.4 Å². The molecular formula is C13H17Cl2NS. The van der Waals surface area contributed by atoms with E-state index in [4.69, 9.17) is 23.2 Å². The fourth-order valence-electron chi connectivity index (χ4n) is 2.28. The van der Waals surface area contributed by atoms with Gasteiger partial charge in [-0.05, 0) is 37.1 Å². The highest BCUT2D eigenvalue weighted by Gasteiger charge is 2.23. The van der Waals surface area contributed by atoms with E-state index < -0.39 is 0 Å². The highest BCUT2D eigenvalue weighted by Crippen LogP contribution is 2.29. The third kappa shape index (κ3) is 3.54. The molecule has 2 rings (SSSR count). The van der Waals surface area contributed by atoms with Gasteiger partial charge in [-0.15, -0.1) is 0 Å². The second-order valence-electron chi connectivity index (χ2n) is 4.46. The fraction of sp³-hybridized carbons (Fsp3) is 0.538. The second-order valence-corrected chi connectivity index (χ2v) is 6.38. The standard InChI is InChI=1S/C13H17Cl2NS/c1-17-11-6-5-10(7-11)16-8-9-3-2-4-12(14)13(9)15/h2-4,10-11,16H,5-8H2,1H3. The second kappa shape index (κ2) is 6.33. The maximum absolute atomic E-state index is 6.16. The molecule has 1 nitrogen and oxygen atoms in total. The van der Waals surface area contributed by atoms with Crippen LogP contribution in [0.5, 0.6) is 0 Å². The third-order valence-electron chi connectivity index (χ3n) is 3.33. The Morgan fingerprint density at radius 2 is 2.18 bits per heavy atom. The van der Waals surface area contributed by atoms with E-state index in [2.05, 4.69) is 11.6 Å². The molecule has 1 aromatic carbocycles. The molecule has 1 aliphatic carbocycles. The van der Waals surface area contributed by atoms with Crippen LogP contribution in [0.2, 0.25) is 10.0 Å². The molecule has 1 saturated carbocycles. The molecule has 1 aliphatic rings. The van der Waals surface area contributed by atoms with Gasteiger partial charge in [0.25, 0.3) is 0 Å². The molecule has 0 saturated heterocycles. The van der Waals surface area contributed by atoms with E-state index in [1.54, 1.807) is 0 Å². The third-order valence-corrected chi connectivity index (χ3v) is 5.28. The first kappa shape index (κ1) is 13.5. The minimum atomic E-state index is 0.627. The van der Waals surface area contributed by atoms with Crippen molar-refractivity contribution in [1.82, 2.24) is 5.32 Å². The Balaban J connectivity index is 1.88. The molecule has 2 atom stereocenters. The average molecular weight is 290 g/mol. The first-order chi connectivity index (χ1) is 8.20. The summed E-state index contributed by atoms with van der Waals surface area (Å²) in [6.07, 6.45) is 6.05. The van der Waals surface area contributed by atoms with Crippen LogP contribution in [0, 0.1) is 0 Å². The average Bonchev–Trinajstić information content (AvgIpc) is 2.79. The molecule has 1 N–H and O–H groups in total. The summed E-state index contributed by atoms with van der Waals surface area (Å²) in [5.41, 5.74) is 1.09. The van der Waals surface area contributed by atoms with Crippen molar-refractivity contribution < 1.29 is 0 Å². The lowest BCUT2D eigenvalue weighted by atomic mass is 10.2. The van der Waals surface area contributed by atoms with Crippen molar-refractivity contribution >= 4 is 35.0 Å². The van der Waals surface area contributed by atoms with Crippen LogP contribution in [-0.4, -0.2) is 17.5 Å². The zero-order valence-electron chi connectivity index (χ0n) is 9.88. The zero-order chi connectivity index (χ0) is 12.3. The normalized spacial score (nSPS) is 24.2. The molecular weight excluding hydrogens is 273 g/mol. The van der Waals surface area contributed by atoms with Gasteiger partial charge in [0.1, 0.15) is 0 Å². The van der Waals surface area contributed by atoms with Crippen molar-refractivity contribution in [2.24, 2.45) is 0 Å². The Labute approximate surface area is 117 Å². The lowest BCUT2D eigenvalue weighted by Crippen LogP contribution is -2.26. The highest BCUT2D eigenvalue weighted by atomic mass is 35.5. The van der Waals surface area contributed by atoms with E-state index >= 15 is 0 Å². The molecule has 94 valence electrons. The Morgan fingerprint density at radius 3 is 2.88 bits per heavy atom. The molecule has 0 heterocycles. The van der Waals surface area contributed by atoms with Crippen molar-refractivity contribution in [3.63, 3.8) is 0 Å². The molecule has 0 amide bonds. The summed E-state index contributed by atoms with van der Waals surface area (Å²) in [5.74, 6) is 0. The summed E-state index contributed by atoms with van der Waals surface area (Å²) in [4.78, 5) is 0. The van der Waals surface area contributed by atoms with E-state index in [-0.39, 0.29) is 0 Å². The van der Waals surface area contributed by atoms with Crippen LogP contribution in [0.3, 0.4) is 0 Å². The van der Waals surface area contributed by atoms with Crippen molar-refractivity contribution in [2.75, 3.05) is 6.26 Å². The van der Waals surface area contributed by atoms with E-state index in [1.165, 1.54) is 19.3 Å². The van der Waals surface area contributed by atoms with Gasteiger partial charge in [0.2, 0.25) is 0 Å². The van der Waals surface area contributed by atoms with Crippen molar-refractivity contribution in [1.29, 1.82) is 0 Å². The molecule has 0 spiro atoms. The quantitative estimate of drug-likeness (QED) is 0.884. The summed E-state index contributed by atoms with van der Waals surface area (Å²) in [6.45, 7) is 0.811. The Morgan fingerprint density at radius 1 is 1.35 bits per heavy atom. The van der Waals surface area contributed by atoms with Crippen LogP contribution in [-0.2, 0) is 6.54 Å². The van der Waals surface area contributed by atoms with Crippen molar-refractivity contribution in [2.45, 2.75) is 37.1 Å². The molecule has 0 bridgehead atoms. The van der Waals surface area contributed by atoms with Gasteiger partial charge in [-0.25, -0.2) is 0 Å². The van der Waals surface area contributed by atoms with E-state index in [1.807, 2.05) is 30.0 Å². The molecule has 1 aromatic rings. The molecule has 2 unspecified atom stereocenters. The predicted molar refractivity (Wildman–Crippen MR) is 78.2 cm³/mol. The lowest BCUT2D eigenvalue weighted by molar-refractivity contribution is 0.525. The number of thioether (sulfide) groups is 1. The Kier molecular flexibility index (Phi) is 5.04. The number of rotatable bonds is 4. The summed E-state index contributed by atoms with van der Waals surface area (Å²) in [5, 5.41) is 5.72. The molecule has 0 radical (unpaired) electrons.